The van der Waals surface area contributed by atoms with Gasteiger partial charge in [0.25, 0.3) is 0 Å². The second kappa shape index (κ2) is 4.24. The topological polar surface area (TPSA) is 44.4 Å². The second-order valence-electron chi connectivity index (χ2n) is 2.36. The van der Waals surface area contributed by atoms with Gasteiger partial charge in [-0.1, -0.05) is 0 Å². The molecule has 0 saturated carbocycles. The summed E-state index contributed by atoms with van der Waals surface area (Å²) in [5, 5.41) is 4.29. The summed E-state index contributed by atoms with van der Waals surface area (Å²) in [7, 11) is 5.31. The Morgan fingerprint density at radius 1 is 1.50 bits per heavy atom. The summed E-state index contributed by atoms with van der Waals surface area (Å²) in [6.45, 7) is 1.80. The number of hydrogen-bond acceptors (Lipinski definition) is 3. The lowest BCUT2D eigenvalue weighted by atomic mass is 10.3. The Bertz CT molecular complexity index is 114. The zero-order chi connectivity index (χ0) is 8.15. The second-order valence-corrected chi connectivity index (χ2v) is 2.36. The smallest absolute Gasteiger partial charge is 0.237 e. The lowest BCUT2D eigenvalue weighted by Gasteiger charge is -2.17. The minimum Gasteiger partial charge on any atom is -0.358 e. The SMILES string of the molecule is CNC(=O)C(C)NN(C)C. The molecule has 0 aliphatic carbocycles. The summed E-state index contributed by atoms with van der Waals surface area (Å²) < 4.78 is 0. The zero-order valence-electron chi connectivity index (χ0n) is 6.93. The summed E-state index contributed by atoms with van der Waals surface area (Å²) >= 11 is 0. The van der Waals surface area contributed by atoms with E-state index in [1.807, 2.05) is 14.1 Å². The zero-order valence-corrected chi connectivity index (χ0v) is 6.93. The van der Waals surface area contributed by atoms with Crippen LogP contribution in [0.4, 0.5) is 0 Å². The van der Waals surface area contributed by atoms with Crippen molar-refractivity contribution in [1.29, 1.82) is 0 Å². The van der Waals surface area contributed by atoms with Crippen LogP contribution in [0.1, 0.15) is 6.92 Å². The lowest BCUT2D eigenvalue weighted by Crippen LogP contribution is -2.46. The number of hydrazine groups is 1. The van der Waals surface area contributed by atoms with E-state index in [2.05, 4.69) is 10.7 Å². The highest BCUT2D eigenvalue weighted by Crippen LogP contribution is 1.80. The first kappa shape index (κ1) is 9.39. The van der Waals surface area contributed by atoms with Crippen molar-refractivity contribution >= 4 is 5.91 Å². The molecular formula is C6H15N3O. The van der Waals surface area contributed by atoms with Crippen LogP contribution in [-0.2, 0) is 4.79 Å². The molecule has 0 bridgehead atoms. The highest BCUT2D eigenvalue weighted by atomic mass is 16.2. The van der Waals surface area contributed by atoms with Gasteiger partial charge in [-0.25, -0.2) is 10.4 Å². The fourth-order valence-electron chi connectivity index (χ4n) is 0.662. The number of amides is 1. The van der Waals surface area contributed by atoms with Gasteiger partial charge < -0.3 is 5.32 Å². The fraction of sp³-hybridized carbons (Fsp3) is 0.833. The van der Waals surface area contributed by atoms with Crippen LogP contribution in [0.3, 0.4) is 0 Å². The molecule has 0 aromatic rings. The molecule has 0 aliphatic rings. The number of likely N-dealkylation sites (N-methyl/N-ethyl adjacent to an activating group) is 1. The first-order chi connectivity index (χ1) is 4.57. The fourth-order valence-corrected chi connectivity index (χ4v) is 0.662. The van der Waals surface area contributed by atoms with Crippen LogP contribution in [0, 0.1) is 0 Å². The van der Waals surface area contributed by atoms with Crippen molar-refractivity contribution in [3.63, 3.8) is 0 Å². The molecule has 2 N–H and O–H groups in total. The van der Waals surface area contributed by atoms with E-state index in [4.69, 9.17) is 0 Å². The average molecular weight is 145 g/mol. The summed E-state index contributed by atoms with van der Waals surface area (Å²) in [4.78, 5) is 10.8. The molecule has 1 atom stereocenters. The van der Waals surface area contributed by atoms with Crippen LogP contribution in [0.5, 0.6) is 0 Å². The predicted molar refractivity (Wildman–Crippen MR) is 40.4 cm³/mol. The molecule has 0 radical (unpaired) electrons. The van der Waals surface area contributed by atoms with Gasteiger partial charge in [0.15, 0.2) is 0 Å². The predicted octanol–water partition coefficient (Wildman–Crippen LogP) is -0.813. The van der Waals surface area contributed by atoms with Gasteiger partial charge in [0, 0.05) is 21.1 Å². The number of carbonyl (C=O) groups excluding carboxylic acids is 1. The molecule has 0 rings (SSSR count). The average Bonchev–Trinajstić information content (AvgIpc) is 1.85. The van der Waals surface area contributed by atoms with Crippen LogP contribution >= 0.6 is 0 Å². The molecule has 4 heteroatoms. The first-order valence-corrected chi connectivity index (χ1v) is 3.23. The van der Waals surface area contributed by atoms with E-state index in [1.54, 1.807) is 19.0 Å². The summed E-state index contributed by atoms with van der Waals surface area (Å²) in [5.41, 5.74) is 2.91. The monoisotopic (exact) mass is 145 g/mol. The number of carbonyl (C=O) groups is 1. The molecule has 1 amide bonds. The van der Waals surface area contributed by atoms with Gasteiger partial charge in [-0.15, -0.1) is 0 Å². The van der Waals surface area contributed by atoms with Crippen LogP contribution in [-0.4, -0.2) is 38.1 Å². The number of hydrogen-bond donors (Lipinski definition) is 2. The standard InChI is InChI=1S/C6H15N3O/c1-5(6(10)7-2)8-9(3)4/h5,8H,1-4H3,(H,7,10). The molecule has 0 spiro atoms. The van der Waals surface area contributed by atoms with E-state index in [0.29, 0.717) is 0 Å². The highest BCUT2D eigenvalue weighted by molar-refractivity contribution is 5.80. The van der Waals surface area contributed by atoms with Crippen molar-refractivity contribution < 1.29 is 4.79 Å². The summed E-state index contributed by atoms with van der Waals surface area (Å²) in [6.07, 6.45) is 0. The normalized spacial score (nSPS) is 13.3. The van der Waals surface area contributed by atoms with E-state index in [9.17, 15) is 4.79 Å². The Labute approximate surface area is 61.6 Å². The van der Waals surface area contributed by atoms with Crippen LogP contribution in [0.15, 0.2) is 0 Å². The van der Waals surface area contributed by atoms with Crippen molar-refractivity contribution in [2.24, 2.45) is 0 Å². The lowest BCUT2D eigenvalue weighted by molar-refractivity contribution is -0.123. The minimum atomic E-state index is -0.167. The molecule has 0 heterocycles. The van der Waals surface area contributed by atoms with Crippen molar-refractivity contribution in [3.8, 4) is 0 Å². The maximum absolute atomic E-state index is 10.8. The molecule has 4 nitrogen and oxygen atoms in total. The van der Waals surface area contributed by atoms with E-state index in [-0.39, 0.29) is 11.9 Å². The van der Waals surface area contributed by atoms with Gasteiger partial charge in [0.2, 0.25) is 5.91 Å². The molecule has 60 valence electrons. The maximum atomic E-state index is 10.8. The van der Waals surface area contributed by atoms with Crippen molar-refractivity contribution in [1.82, 2.24) is 15.8 Å². The third-order valence-electron chi connectivity index (χ3n) is 1.09. The third kappa shape index (κ3) is 3.42. The quantitative estimate of drug-likeness (QED) is 0.510. The van der Waals surface area contributed by atoms with Gasteiger partial charge in [-0.05, 0) is 6.92 Å². The molecular weight excluding hydrogens is 130 g/mol. The first-order valence-electron chi connectivity index (χ1n) is 3.23. The van der Waals surface area contributed by atoms with Gasteiger partial charge in [-0.3, -0.25) is 4.79 Å². The van der Waals surface area contributed by atoms with Crippen molar-refractivity contribution in [2.75, 3.05) is 21.1 Å². The van der Waals surface area contributed by atoms with Crippen molar-refractivity contribution in [2.45, 2.75) is 13.0 Å². The molecule has 0 aliphatic heterocycles. The summed E-state index contributed by atoms with van der Waals surface area (Å²) in [5.74, 6) is -0.00583. The minimum absolute atomic E-state index is 0.00583. The number of rotatable bonds is 3. The van der Waals surface area contributed by atoms with Crippen LogP contribution < -0.4 is 10.7 Å². The Hall–Kier alpha value is -0.610. The Balaban J connectivity index is 3.61. The van der Waals surface area contributed by atoms with E-state index < -0.39 is 0 Å². The molecule has 0 fully saturated rings. The maximum Gasteiger partial charge on any atom is 0.237 e. The molecule has 1 unspecified atom stereocenters. The largest absolute Gasteiger partial charge is 0.358 e. The van der Waals surface area contributed by atoms with Gasteiger partial charge >= 0.3 is 0 Å². The van der Waals surface area contributed by atoms with Gasteiger partial charge in [0.1, 0.15) is 0 Å². The summed E-state index contributed by atoms with van der Waals surface area (Å²) in [6, 6.07) is -0.167. The Morgan fingerprint density at radius 2 is 2.00 bits per heavy atom. The van der Waals surface area contributed by atoms with Crippen LogP contribution in [0.25, 0.3) is 0 Å². The molecule has 0 saturated heterocycles. The van der Waals surface area contributed by atoms with Crippen molar-refractivity contribution in [3.05, 3.63) is 0 Å². The Morgan fingerprint density at radius 3 is 2.30 bits per heavy atom. The highest BCUT2D eigenvalue weighted by Gasteiger charge is 2.09. The molecule has 10 heavy (non-hydrogen) atoms. The molecule has 0 aromatic carbocycles. The third-order valence-corrected chi connectivity index (χ3v) is 1.09. The molecule has 0 aromatic heterocycles. The van der Waals surface area contributed by atoms with Crippen LogP contribution in [0.2, 0.25) is 0 Å². The van der Waals surface area contributed by atoms with E-state index >= 15 is 0 Å². The van der Waals surface area contributed by atoms with Gasteiger partial charge in [-0.2, -0.15) is 0 Å². The van der Waals surface area contributed by atoms with E-state index in [0.717, 1.165) is 0 Å². The van der Waals surface area contributed by atoms with Gasteiger partial charge in [0.05, 0.1) is 6.04 Å². The number of nitrogens with zero attached hydrogens (tertiary/aromatic N) is 1. The van der Waals surface area contributed by atoms with E-state index in [1.165, 1.54) is 0 Å². The number of nitrogens with one attached hydrogen (secondary N) is 2. The Kier molecular flexibility index (Phi) is 3.99.